The number of benzene rings is 2. The molecule has 0 bridgehead atoms. The minimum Gasteiger partial charge on any atom is -0.462 e. The van der Waals surface area contributed by atoms with Gasteiger partial charge in [0, 0.05) is 5.56 Å². The van der Waals surface area contributed by atoms with E-state index in [0.717, 1.165) is 0 Å². The molecule has 0 aliphatic carbocycles. The van der Waals surface area contributed by atoms with Crippen LogP contribution in [-0.2, 0) is 9.53 Å². The van der Waals surface area contributed by atoms with Crippen LogP contribution in [0.1, 0.15) is 24.0 Å². The van der Waals surface area contributed by atoms with Crippen molar-refractivity contribution in [1.29, 1.82) is 0 Å². The molecule has 1 aliphatic rings. The number of carbonyl (C=O) groups excluding carboxylic acids is 1. The summed E-state index contributed by atoms with van der Waals surface area (Å²) in [6.45, 7) is 1.71. The van der Waals surface area contributed by atoms with Gasteiger partial charge in [-0.3, -0.25) is 0 Å². The third-order valence-corrected chi connectivity index (χ3v) is 4.57. The Morgan fingerprint density at radius 2 is 1.89 bits per heavy atom. The minimum absolute atomic E-state index is 0.000975. The van der Waals surface area contributed by atoms with Crippen LogP contribution in [0.3, 0.4) is 0 Å². The molecule has 1 aliphatic heterocycles. The molecule has 1 atom stereocenters. The molecule has 142 valence electrons. The first-order valence-corrected chi connectivity index (χ1v) is 8.67. The summed E-state index contributed by atoms with van der Waals surface area (Å²) in [4.78, 5) is 25.4. The number of rotatable bonds is 3. The highest BCUT2D eigenvalue weighted by Gasteiger charge is 2.40. The second kappa shape index (κ2) is 6.84. The summed E-state index contributed by atoms with van der Waals surface area (Å²) in [6, 6.07) is 12.6. The topological polar surface area (TPSA) is 91.8 Å². The Bertz CT molecular complexity index is 1180. The van der Waals surface area contributed by atoms with Crippen molar-refractivity contribution in [2.75, 3.05) is 6.61 Å². The predicted molar refractivity (Wildman–Crippen MR) is 99.2 cm³/mol. The van der Waals surface area contributed by atoms with Crippen molar-refractivity contribution in [3.05, 3.63) is 87.4 Å². The van der Waals surface area contributed by atoms with Gasteiger partial charge in [-0.25, -0.2) is 14.0 Å². The fourth-order valence-electron chi connectivity index (χ4n) is 3.39. The van der Waals surface area contributed by atoms with Gasteiger partial charge in [0.1, 0.15) is 17.0 Å². The molecule has 1 aromatic heterocycles. The monoisotopic (exact) mass is 381 g/mol. The van der Waals surface area contributed by atoms with Gasteiger partial charge in [0.2, 0.25) is 5.88 Å². The van der Waals surface area contributed by atoms with E-state index in [1.165, 1.54) is 18.2 Å². The maximum Gasteiger partial charge on any atom is 0.344 e. The van der Waals surface area contributed by atoms with Gasteiger partial charge in [0.25, 0.3) is 0 Å². The van der Waals surface area contributed by atoms with Crippen LogP contribution in [0.2, 0.25) is 0 Å². The zero-order valence-electron chi connectivity index (χ0n) is 14.9. The first-order chi connectivity index (χ1) is 13.5. The smallest absolute Gasteiger partial charge is 0.344 e. The lowest BCUT2D eigenvalue weighted by Gasteiger charge is -2.28. The fraction of sp³-hybridized carbons (Fsp3) is 0.143. The third kappa shape index (κ3) is 2.72. The number of carbonyl (C=O) groups is 1. The molecule has 28 heavy (non-hydrogen) atoms. The lowest BCUT2D eigenvalue weighted by atomic mass is 9.83. The van der Waals surface area contributed by atoms with E-state index in [4.69, 9.17) is 19.6 Å². The number of halogens is 1. The van der Waals surface area contributed by atoms with Crippen LogP contribution in [0.4, 0.5) is 4.39 Å². The second-order valence-electron chi connectivity index (χ2n) is 6.18. The molecule has 6 nitrogen and oxygen atoms in total. The van der Waals surface area contributed by atoms with Gasteiger partial charge in [-0.2, -0.15) is 0 Å². The summed E-state index contributed by atoms with van der Waals surface area (Å²) >= 11 is 0. The Labute approximate surface area is 159 Å². The van der Waals surface area contributed by atoms with Gasteiger partial charge < -0.3 is 19.6 Å². The number of hydrogen-bond acceptors (Lipinski definition) is 6. The maximum absolute atomic E-state index is 14.7. The molecular weight excluding hydrogens is 365 g/mol. The highest BCUT2D eigenvalue weighted by molar-refractivity contribution is 5.94. The van der Waals surface area contributed by atoms with Gasteiger partial charge in [0.05, 0.1) is 23.5 Å². The molecule has 2 heterocycles. The average Bonchev–Trinajstić information content (AvgIpc) is 2.67. The Hall–Kier alpha value is -3.61. The summed E-state index contributed by atoms with van der Waals surface area (Å²) in [5.41, 5.74) is 5.56. The van der Waals surface area contributed by atoms with Crippen LogP contribution in [-0.4, -0.2) is 12.6 Å². The van der Waals surface area contributed by atoms with Crippen LogP contribution < -0.4 is 16.1 Å². The summed E-state index contributed by atoms with van der Waals surface area (Å²) < 4.78 is 30.8. The third-order valence-electron chi connectivity index (χ3n) is 4.57. The van der Waals surface area contributed by atoms with E-state index >= 15 is 0 Å². The van der Waals surface area contributed by atoms with E-state index in [0.29, 0.717) is 11.0 Å². The molecule has 0 saturated carbocycles. The number of nitrogens with two attached hydrogens (primary N) is 1. The SMILES string of the molecule is CCOC(=O)C1=C(N)Oc2c(c(=O)oc3ccccc23)C1c1ccccc1F. The summed E-state index contributed by atoms with van der Waals surface area (Å²) in [5, 5.41) is 0.490. The van der Waals surface area contributed by atoms with Crippen molar-refractivity contribution < 1.29 is 23.1 Å². The summed E-state index contributed by atoms with van der Waals surface area (Å²) in [5.74, 6) is -2.60. The van der Waals surface area contributed by atoms with Crippen LogP contribution in [0, 0.1) is 5.82 Å². The lowest BCUT2D eigenvalue weighted by molar-refractivity contribution is -0.139. The molecule has 0 radical (unpaired) electrons. The number of para-hydroxylation sites is 1. The van der Waals surface area contributed by atoms with E-state index in [1.54, 1.807) is 37.3 Å². The largest absolute Gasteiger partial charge is 0.462 e. The minimum atomic E-state index is -1.12. The van der Waals surface area contributed by atoms with Gasteiger partial charge in [-0.1, -0.05) is 30.3 Å². The fourth-order valence-corrected chi connectivity index (χ4v) is 3.39. The molecule has 0 amide bonds. The number of esters is 1. The van der Waals surface area contributed by atoms with Crippen molar-refractivity contribution in [2.45, 2.75) is 12.8 Å². The van der Waals surface area contributed by atoms with E-state index < -0.39 is 23.3 Å². The molecule has 2 N–H and O–H groups in total. The van der Waals surface area contributed by atoms with Crippen molar-refractivity contribution >= 4 is 16.9 Å². The van der Waals surface area contributed by atoms with E-state index in [9.17, 15) is 14.0 Å². The molecular formula is C21H16FNO5. The van der Waals surface area contributed by atoms with Crippen LogP contribution in [0.15, 0.2) is 69.2 Å². The Morgan fingerprint density at radius 3 is 2.64 bits per heavy atom. The van der Waals surface area contributed by atoms with E-state index in [2.05, 4.69) is 0 Å². The van der Waals surface area contributed by atoms with Crippen LogP contribution >= 0.6 is 0 Å². The molecule has 0 spiro atoms. The second-order valence-corrected chi connectivity index (χ2v) is 6.18. The number of hydrogen-bond donors (Lipinski definition) is 1. The molecule has 2 aromatic carbocycles. The molecule has 1 unspecified atom stereocenters. The highest BCUT2D eigenvalue weighted by atomic mass is 19.1. The van der Waals surface area contributed by atoms with Crippen LogP contribution in [0.5, 0.6) is 5.75 Å². The maximum atomic E-state index is 14.7. The zero-order chi connectivity index (χ0) is 19.8. The first kappa shape index (κ1) is 17.8. The zero-order valence-corrected chi connectivity index (χ0v) is 14.9. The lowest BCUT2D eigenvalue weighted by Crippen LogP contribution is -2.31. The van der Waals surface area contributed by atoms with Crippen molar-refractivity contribution in [3.8, 4) is 5.75 Å². The van der Waals surface area contributed by atoms with Gasteiger partial charge in [-0.05, 0) is 25.1 Å². The first-order valence-electron chi connectivity index (χ1n) is 8.67. The van der Waals surface area contributed by atoms with Gasteiger partial charge >= 0.3 is 11.6 Å². The average molecular weight is 381 g/mol. The molecule has 0 fully saturated rings. The Morgan fingerprint density at radius 1 is 1.18 bits per heavy atom. The molecule has 7 heteroatoms. The van der Waals surface area contributed by atoms with Crippen molar-refractivity contribution in [3.63, 3.8) is 0 Å². The summed E-state index contributed by atoms with van der Waals surface area (Å²) in [6.07, 6.45) is 0. The number of ether oxygens (including phenoxy) is 2. The highest BCUT2D eigenvalue weighted by Crippen LogP contribution is 2.44. The van der Waals surface area contributed by atoms with Crippen LogP contribution in [0.25, 0.3) is 11.0 Å². The predicted octanol–water partition coefficient (Wildman–Crippen LogP) is 3.19. The molecule has 4 rings (SSSR count). The summed E-state index contributed by atoms with van der Waals surface area (Å²) in [7, 11) is 0. The Balaban J connectivity index is 2.07. The standard InChI is InChI=1S/C21H16FNO5/c1-2-26-20(24)17-15(11-7-3-5-9-13(11)22)16-18(28-19(17)23)12-8-4-6-10-14(12)27-21(16)25/h3-10,15H,2,23H2,1H3. The number of fused-ring (bicyclic) bond motifs is 3. The quantitative estimate of drug-likeness (QED) is 0.553. The van der Waals surface area contributed by atoms with E-state index in [-0.39, 0.29) is 34.9 Å². The van der Waals surface area contributed by atoms with Crippen molar-refractivity contribution in [2.24, 2.45) is 5.73 Å². The molecule has 3 aromatic rings. The van der Waals surface area contributed by atoms with Crippen molar-refractivity contribution in [1.82, 2.24) is 0 Å². The Kier molecular flexibility index (Phi) is 4.35. The van der Waals surface area contributed by atoms with E-state index in [1.807, 2.05) is 0 Å². The van der Waals surface area contributed by atoms with Gasteiger partial charge in [0.15, 0.2) is 5.75 Å². The normalized spacial score (nSPS) is 15.9. The molecule has 0 saturated heterocycles. The van der Waals surface area contributed by atoms with Gasteiger partial charge in [-0.15, -0.1) is 0 Å².